The Morgan fingerprint density at radius 1 is 1.18 bits per heavy atom. The number of rotatable bonds is 8. The maximum Gasteiger partial charge on any atom is 0.323 e. The van der Waals surface area contributed by atoms with Gasteiger partial charge in [0.25, 0.3) is 0 Å². The van der Waals surface area contributed by atoms with Gasteiger partial charge in [0, 0.05) is 31.1 Å². The van der Waals surface area contributed by atoms with E-state index in [2.05, 4.69) is 0 Å². The molecule has 2 rings (SSSR count). The first-order valence-corrected chi connectivity index (χ1v) is 8.86. The molecule has 9 nitrogen and oxygen atoms in total. The number of hydrogen-bond donors (Lipinski definition) is 1. The van der Waals surface area contributed by atoms with Crippen LogP contribution in [0, 0.1) is 5.92 Å². The summed E-state index contributed by atoms with van der Waals surface area (Å²) in [6.45, 7) is 3.24. The largest absolute Gasteiger partial charge is 0.493 e. The quantitative estimate of drug-likeness (QED) is 0.710. The number of nitrogens with zero attached hydrogens (tertiary/aromatic N) is 2. The Morgan fingerprint density at radius 3 is 2.18 bits per heavy atom. The lowest BCUT2D eigenvalue weighted by atomic mass is 10.1. The van der Waals surface area contributed by atoms with E-state index in [9.17, 15) is 14.4 Å². The topological polar surface area (TPSA) is 106 Å². The molecule has 154 valence electrons. The van der Waals surface area contributed by atoms with Crippen molar-refractivity contribution in [2.45, 2.75) is 26.3 Å². The zero-order chi connectivity index (χ0) is 21.0. The fraction of sp³-hybridized carbons (Fsp3) is 0.526. The first kappa shape index (κ1) is 21.3. The Morgan fingerprint density at radius 2 is 1.75 bits per heavy atom. The summed E-state index contributed by atoms with van der Waals surface area (Å²) >= 11 is 0. The zero-order valence-corrected chi connectivity index (χ0v) is 16.7. The van der Waals surface area contributed by atoms with Gasteiger partial charge in [-0.15, -0.1) is 0 Å². The highest BCUT2D eigenvalue weighted by Crippen LogP contribution is 2.42. The molecule has 1 saturated heterocycles. The minimum atomic E-state index is -1.09. The summed E-state index contributed by atoms with van der Waals surface area (Å²) < 4.78 is 15.9. The number of carboxylic acid groups (broad SMARTS) is 1. The smallest absolute Gasteiger partial charge is 0.323 e. The molecule has 0 aromatic heterocycles. The molecule has 1 fully saturated rings. The molecular formula is C19H26N2O7. The number of ether oxygens (including phenoxy) is 3. The van der Waals surface area contributed by atoms with E-state index in [4.69, 9.17) is 19.3 Å². The van der Waals surface area contributed by atoms with Crippen LogP contribution in [0.1, 0.15) is 20.3 Å². The summed E-state index contributed by atoms with van der Waals surface area (Å²) in [7, 11) is 4.44. The van der Waals surface area contributed by atoms with E-state index < -0.39 is 18.4 Å². The first-order valence-electron chi connectivity index (χ1n) is 8.86. The average molecular weight is 394 g/mol. The third-order valence-electron chi connectivity index (χ3n) is 4.65. The minimum Gasteiger partial charge on any atom is -0.493 e. The number of carbonyl (C=O) groups excluding carboxylic acids is 2. The molecule has 1 aliphatic heterocycles. The molecule has 1 aromatic carbocycles. The van der Waals surface area contributed by atoms with E-state index in [0.717, 1.165) is 0 Å². The molecule has 1 unspecified atom stereocenters. The third-order valence-corrected chi connectivity index (χ3v) is 4.65. The van der Waals surface area contributed by atoms with Gasteiger partial charge in [0.1, 0.15) is 6.54 Å². The van der Waals surface area contributed by atoms with E-state index in [0.29, 0.717) is 22.9 Å². The Bertz CT molecular complexity index is 738. The molecule has 0 radical (unpaired) electrons. The van der Waals surface area contributed by atoms with Crippen LogP contribution in [0.5, 0.6) is 17.2 Å². The Hall–Kier alpha value is -2.97. The van der Waals surface area contributed by atoms with Gasteiger partial charge < -0.3 is 29.1 Å². The van der Waals surface area contributed by atoms with Gasteiger partial charge in [0.05, 0.1) is 32.9 Å². The lowest BCUT2D eigenvalue weighted by Crippen LogP contribution is -2.44. The SMILES string of the molecule is COc1cc(N2CC(C(=O)N(CC(=O)O)C(C)C)CC2=O)cc(OC)c1OC. The van der Waals surface area contributed by atoms with Crippen LogP contribution in [-0.4, -0.2) is 68.3 Å². The zero-order valence-electron chi connectivity index (χ0n) is 16.7. The first-order chi connectivity index (χ1) is 13.2. The normalized spacial score (nSPS) is 16.3. The van der Waals surface area contributed by atoms with Crippen LogP contribution in [0.4, 0.5) is 5.69 Å². The van der Waals surface area contributed by atoms with Crippen molar-refractivity contribution in [2.75, 3.05) is 39.3 Å². The van der Waals surface area contributed by atoms with Gasteiger partial charge >= 0.3 is 5.97 Å². The lowest BCUT2D eigenvalue weighted by Gasteiger charge is -2.27. The van der Waals surface area contributed by atoms with Crippen LogP contribution in [0.25, 0.3) is 0 Å². The summed E-state index contributed by atoms with van der Waals surface area (Å²) in [5, 5.41) is 9.06. The minimum absolute atomic E-state index is 0.0122. The second kappa shape index (κ2) is 8.81. The molecule has 2 amide bonds. The molecule has 28 heavy (non-hydrogen) atoms. The number of aliphatic carboxylic acids is 1. The van der Waals surface area contributed by atoms with Crippen LogP contribution in [0.15, 0.2) is 12.1 Å². The summed E-state index contributed by atoms with van der Waals surface area (Å²) in [6, 6.07) is 3.00. The van der Waals surface area contributed by atoms with Crippen LogP contribution >= 0.6 is 0 Å². The Balaban J connectivity index is 2.29. The summed E-state index contributed by atoms with van der Waals surface area (Å²) in [6.07, 6.45) is 0.0122. The van der Waals surface area contributed by atoms with Gasteiger partial charge in [-0.3, -0.25) is 14.4 Å². The second-order valence-electron chi connectivity index (χ2n) is 6.74. The number of amides is 2. The van der Waals surface area contributed by atoms with E-state index >= 15 is 0 Å². The molecule has 9 heteroatoms. The molecular weight excluding hydrogens is 368 g/mol. The molecule has 1 atom stereocenters. The lowest BCUT2D eigenvalue weighted by molar-refractivity contribution is -0.147. The highest BCUT2D eigenvalue weighted by molar-refractivity contribution is 6.01. The van der Waals surface area contributed by atoms with Gasteiger partial charge in [-0.25, -0.2) is 0 Å². The molecule has 0 aliphatic carbocycles. The van der Waals surface area contributed by atoms with Crippen LogP contribution in [-0.2, 0) is 14.4 Å². The number of carboxylic acids is 1. The predicted octanol–water partition coefficient (Wildman–Crippen LogP) is 1.39. The molecule has 1 aliphatic rings. The molecule has 1 aromatic rings. The standard InChI is InChI=1S/C19H26N2O7/c1-11(2)20(10-17(23)24)19(25)12-6-16(22)21(9-12)13-7-14(26-3)18(28-5)15(8-13)27-4/h7-8,11-12H,6,9-10H2,1-5H3,(H,23,24). The number of benzene rings is 1. The van der Waals surface area contributed by atoms with E-state index in [1.807, 2.05) is 0 Å². The van der Waals surface area contributed by atoms with Crippen LogP contribution in [0.3, 0.4) is 0 Å². The molecule has 0 bridgehead atoms. The highest BCUT2D eigenvalue weighted by atomic mass is 16.5. The van der Waals surface area contributed by atoms with E-state index in [-0.39, 0.29) is 30.8 Å². The summed E-state index contributed by atoms with van der Waals surface area (Å²) in [5.41, 5.74) is 0.518. The van der Waals surface area contributed by atoms with Crippen molar-refractivity contribution in [1.29, 1.82) is 0 Å². The van der Waals surface area contributed by atoms with Crippen molar-refractivity contribution in [3.05, 3.63) is 12.1 Å². The average Bonchev–Trinajstić information content (AvgIpc) is 3.05. The van der Waals surface area contributed by atoms with E-state index in [1.165, 1.54) is 31.1 Å². The van der Waals surface area contributed by atoms with Crippen LogP contribution < -0.4 is 19.1 Å². The highest BCUT2D eigenvalue weighted by Gasteiger charge is 2.38. The van der Waals surface area contributed by atoms with Crippen LogP contribution in [0.2, 0.25) is 0 Å². The Labute approximate surface area is 163 Å². The fourth-order valence-electron chi connectivity index (χ4n) is 3.24. The second-order valence-corrected chi connectivity index (χ2v) is 6.74. The van der Waals surface area contributed by atoms with E-state index in [1.54, 1.807) is 26.0 Å². The molecule has 0 saturated carbocycles. The van der Waals surface area contributed by atoms with Crippen molar-refractivity contribution in [3.8, 4) is 17.2 Å². The molecule has 1 heterocycles. The summed E-state index contributed by atoms with van der Waals surface area (Å²) in [4.78, 5) is 39.2. The molecule has 1 N–H and O–H groups in total. The van der Waals surface area contributed by atoms with Gasteiger partial charge in [0.15, 0.2) is 11.5 Å². The number of carbonyl (C=O) groups is 3. The Kier molecular flexibility index (Phi) is 6.71. The van der Waals surface area contributed by atoms with Crippen molar-refractivity contribution in [3.63, 3.8) is 0 Å². The molecule has 0 spiro atoms. The predicted molar refractivity (Wildman–Crippen MR) is 101 cm³/mol. The third kappa shape index (κ3) is 4.29. The number of methoxy groups -OCH3 is 3. The number of anilines is 1. The van der Waals surface area contributed by atoms with Gasteiger partial charge in [-0.2, -0.15) is 0 Å². The maximum atomic E-state index is 12.8. The monoisotopic (exact) mass is 394 g/mol. The van der Waals surface area contributed by atoms with Crippen molar-refractivity contribution in [2.24, 2.45) is 5.92 Å². The number of hydrogen-bond acceptors (Lipinski definition) is 6. The van der Waals surface area contributed by atoms with Gasteiger partial charge in [-0.05, 0) is 13.8 Å². The summed E-state index contributed by atoms with van der Waals surface area (Å²) in [5.74, 6) is -1.09. The maximum absolute atomic E-state index is 12.8. The van der Waals surface area contributed by atoms with Gasteiger partial charge in [-0.1, -0.05) is 0 Å². The van der Waals surface area contributed by atoms with Crippen molar-refractivity contribution < 1.29 is 33.7 Å². The van der Waals surface area contributed by atoms with Crippen molar-refractivity contribution in [1.82, 2.24) is 4.90 Å². The van der Waals surface area contributed by atoms with Gasteiger partial charge in [0.2, 0.25) is 17.6 Å². The fourth-order valence-corrected chi connectivity index (χ4v) is 3.24. The van der Waals surface area contributed by atoms with Crippen molar-refractivity contribution >= 4 is 23.5 Å².